The number of amides is 1. The monoisotopic (exact) mass is 313 g/mol. The van der Waals surface area contributed by atoms with Crippen molar-refractivity contribution in [2.24, 2.45) is 0 Å². The molecule has 0 aliphatic carbocycles. The average molecular weight is 313 g/mol. The van der Waals surface area contributed by atoms with Crippen LogP contribution in [0.4, 0.5) is 4.79 Å². The Morgan fingerprint density at radius 2 is 1.96 bits per heavy atom. The zero-order valence-corrected chi connectivity index (χ0v) is 13.2. The van der Waals surface area contributed by atoms with E-state index in [1.54, 1.807) is 7.11 Å². The van der Waals surface area contributed by atoms with E-state index in [1.807, 2.05) is 55.5 Å². The van der Waals surface area contributed by atoms with Crippen molar-refractivity contribution in [1.82, 2.24) is 5.32 Å². The Bertz CT molecular complexity index is 701. The van der Waals surface area contributed by atoms with Crippen molar-refractivity contribution in [2.75, 3.05) is 13.7 Å². The third kappa shape index (κ3) is 3.23. The number of benzene rings is 2. The number of cyclic esters (lactones) is 1. The van der Waals surface area contributed by atoms with Gasteiger partial charge in [-0.3, -0.25) is 0 Å². The van der Waals surface area contributed by atoms with Crippen molar-refractivity contribution in [1.29, 1.82) is 0 Å². The van der Waals surface area contributed by atoms with Gasteiger partial charge >= 0.3 is 6.09 Å². The summed E-state index contributed by atoms with van der Waals surface area (Å²) in [6, 6.07) is 15.5. The van der Waals surface area contributed by atoms with Gasteiger partial charge in [0.2, 0.25) is 0 Å². The molecular weight excluding hydrogens is 294 g/mol. The predicted octanol–water partition coefficient (Wildman–Crippen LogP) is 3.23. The van der Waals surface area contributed by atoms with E-state index in [2.05, 4.69) is 5.32 Å². The van der Waals surface area contributed by atoms with Crippen molar-refractivity contribution in [3.05, 3.63) is 59.7 Å². The van der Waals surface area contributed by atoms with Crippen molar-refractivity contribution in [2.45, 2.75) is 19.1 Å². The highest BCUT2D eigenvalue weighted by atomic mass is 16.6. The minimum Gasteiger partial charge on any atom is -0.493 e. The summed E-state index contributed by atoms with van der Waals surface area (Å²) in [5.41, 5.74) is 1.23. The molecule has 1 aliphatic heterocycles. The standard InChI is InChI=1S/C18H19NO4/c1-18(12-19-17(20)23-18)14-8-9-15(21-2)16(10-14)22-11-13-6-4-3-5-7-13/h3-10H,11-12H2,1-2H3,(H,19,20)/t18-/m0/s1. The minimum atomic E-state index is -0.700. The molecule has 0 bridgehead atoms. The number of hydrogen-bond acceptors (Lipinski definition) is 4. The Kier molecular flexibility index (Phi) is 4.10. The fourth-order valence-electron chi connectivity index (χ4n) is 2.53. The maximum absolute atomic E-state index is 11.4. The molecule has 5 nitrogen and oxygen atoms in total. The highest BCUT2D eigenvalue weighted by Crippen LogP contribution is 2.35. The van der Waals surface area contributed by atoms with Crippen LogP contribution in [-0.2, 0) is 16.9 Å². The van der Waals surface area contributed by atoms with Crippen LogP contribution in [0.15, 0.2) is 48.5 Å². The smallest absolute Gasteiger partial charge is 0.408 e. The van der Waals surface area contributed by atoms with Crippen LogP contribution in [-0.4, -0.2) is 19.7 Å². The lowest BCUT2D eigenvalue weighted by Gasteiger charge is -2.23. The normalized spacial score (nSPS) is 19.8. The molecule has 2 aromatic rings. The van der Waals surface area contributed by atoms with Gasteiger partial charge in [0.1, 0.15) is 6.61 Å². The minimum absolute atomic E-state index is 0.407. The van der Waals surface area contributed by atoms with Gasteiger partial charge in [-0.15, -0.1) is 0 Å². The zero-order valence-electron chi connectivity index (χ0n) is 13.2. The number of methoxy groups -OCH3 is 1. The second-order valence-corrected chi connectivity index (χ2v) is 5.61. The van der Waals surface area contributed by atoms with Gasteiger partial charge in [-0.25, -0.2) is 4.79 Å². The van der Waals surface area contributed by atoms with E-state index in [1.165, 1.54) is 0 Å². The lowest BCUT2D eigenvalue weighted by molar-refractivity contribution is 0.0701. The largest absolute Gasteiger partial charge is 0.493 e. The first-order valence-corrected chi connectivity index (χ1v) is 7.43. The van der Waals surface area contributed by atoms with Crippen molar-refractivity contribution in [3.63, 3.8) is 0 Å². The predicted molar refractivity (Wildman–Crippen MR) is 85.6 cm³/mol. The summed E-state index contributed by atoms with van der Waals surface area (Å²) in [5.74, 6) is 1.27. The first-order valence-electron chi connectivity index (χ1n) is 7.43. The maximum Gasteiger partial charge on any atom is 0.408 e. The Labute approximate surface area is 135 Å². The number of carbonyl (C=O) groups excluding carboxylic acids is 1. The lowest BCUT2D eigenvalue weighted by atomic mass is 9.96. The molecule has 0 aromatic heterocycles. The van der Waals surface area contributed by atoms with E-state index in [4.69, 9.17) is 14.2 Å². The number of nitrogens with one attached hydrogen (secondary N) is 1. The Morgan fingerprint density at radius 1 is 1.17 bits per heavy atom. The molecule has 0 saturated carbocycles. The van der Waals surface area contributed by atoms with Crippen LogP contribution in [0.2, 0.25) is 0 Å². The van der Waals surface area contributed by atoms with E-state index >= 15 is 0 Å². The summed E-state index contributed by atoms with van der Waals surface area (Å²) in [4.78, 5) is 11.4. The number of hydrogen-bond donors (Lipinski definition) is 1. The molecule has 1 amide bonds. The molecule has 1 aliphatic rings. The van der Waals surface area contributed by atoms with Gasteiger partial charge in [-0.1, -0.05) is 36.4 Å². The Balaban J connectivity index is 1.83. The Hall–Kier alpha value is -2.69. The third-order valence-corrected chi connectivity index (χ3v) is 3.90. The molecule has 1 fully saturated rings. The molecule has 120 valence electrons. The van der Waals surface area contributed by atoms with Crippen LogP contribution in [0, 0.1) is 0 Å². The summed E-state index contributed by atoms with van der Waals surface area (Å²) in [6.45, 7) is 2.74. The van der Waals surface area contributed by atoms with Crippen LogP contribution in [0.1, 0.15) is 18.1 Å². The van der Waals surface area contributed by atoms with Crippen LogP contribution >= 0.6 is 0 Å². The van der Waals surface area contributed by atoms with Crippen molar-refractivity contribution in [3.8, 4) is 11.5 Å². The van der Waals surface area contributed by atoms with Crippen LogP contribution < -0.4 is 14.8 Å². The van der Waals surface area contributed by atoms with Crippen LogP contribution in [0.5, 0.6) is 11.5 Å². The molecule has 0 radical (unpaired) electrons. The zero-order chi connectivity index (χ0) is 16.3. The highest BCUT2D eigenvalue weighted by molar-refractivity contribution is 5.70. The van der Waals surface area contributed by atoms with Gasteiger partial charge in [0, 0.05) is 5.56 Å². The molecule has 3 rings (SSSR count). The quantitative estimate of drug-likeness (QED) is 0.921. The van der Waals surface area contributed by atoms with Gasteiger partial charge < -0.3 is 19.5 Å². The molecular formula is C18H19NO4. The number of rotatable bonds is 5. The summed E-state index contributed by atoms with van der Waals surface area (Å²) < 4.78 is 16.6. The molecule has 5 heteroatoms. The first kappa shape index (κ1) is 15.2. The molecule has 0 unspecified atom stereocenters. The number of alkyl carbamates (subject to hydrolysis) is 1. The van der Waals surface area contributed by atoms with Crippen LogP contribution in [0.3, 0.4) is 0 Å². The molecule has 1 atom stereocenters. The maximum atomic E-state index is 11.4. The fraction of sp³-hybridized carbons (Fsp3) is 0.278. The average Bonchev–Trinajstić information content (AvgIpc) is 2.94. The number of ether oxygens (including phenoxy) is 3. The van der Waals surface area contributed by atoms with Gasteiger partial charge in [0.15, 0.2) is 17.1 Å². The molecule has 1 heterocycles. The fourth-order valence-corrected chi connectivity index (χ4v) is 2.53. The van der Waals surface area contributed by atoms with E-state index in [-0.39, 0.29) is 0 Å². The van der Waals surface area contributed by atoms with Gasteiger partial charge in [0.25, 0.3) is 0 Å². The molecule has 1 saturated heterocycles. The van der Waals surface area contributed by atoms with E-state index in [9.17, 15) is 4.79 Å². The summed E-state index contributed by atoms with van der Waals surface area (Å²) in [5, 5.41) is 2.68. The lowest BCUT2D eigenvalue weighted by Crippen LogP contribution is -2.26. The SMILES string of the molecule is COc1ccc([C@]2(C)CNC(=O)O2)cc1OCc1ccccc1. The van der Waals surface area contributed by atoms with Crippen molar-refractivity contribution >= 4 is 6.09 Å². The Morgan fingerprint density at radius 3 is 2.61 bits per heavy atom. The summed E-state index contributed by atoms with van der Waals surface area (Å²) >= 11 is 0. The van der Waals surface area contributed by atoms with Gasteiger partial charge in [0.05, 0.1) is 13.7 Å². The van der Waals surface area contributed by atoms with Crippen LogP contribution in [0.25, 0.3) is 0 Å². The second kappa shape index (κ2) is 6.20. The molecule has 2 aromatic carbocycles. The second-order valence-electron chi connectivity index (χ2n) is 5.61. The van der Waals surface area contributed by atoms with Gasteiger partial charge in [-0.2, -0.15) is 0 Å². The first-order chi connectivity index (χ1) is 11.1. The van der Waals surface area contributed by atoms with Gasteiger partial charge in [-0.05, 0) is 24.6 Å². The molecule has 23 heavy (non-hydrogen) atoms. The topological polar surface area (TPSA) is 56.8 Å². The molecule has 1 N–H and O–H groups in total. The van der Waals surface area contributed by atoms with E-state index in [0.717, 1.165) is 11.1 Å². The number of carbonyl (C=O) groups is 1. The van der Waals surface area contributed by atoms with E-state index in [0.29, 0.717) is 24.7 Å². The summed E-state index contributed by atoms with van der Waals surface area (Å²) in [7, 11) is 1.60. The summed E-state index contributed by atoms with van der Waals surface area (Å²) in [6.07, 6.45) is -0.407. The van der Waals surface area contributed by atoms with E-state index < -0.39 is 11.7 Å². The third-order valence-electron chi connectivity index (χ3n) is 3.90. The molecule has 0 spiro atoms. The highest BCUT2D eigenvalue weighted by Gasteiger charge is 2.37. The van der Waals surface area contributed by atoms with Crippen molar-refractivity contribution < 1.29 is 19.0 Å².